The van der Waals surface area contributed by atoms with Gasteiger partial charge < -0.3 is 10.6 Å². The molecule has 76 valence electrons. The molecule has 1 fully saturated rings. The molecule has 1 saturated heterocycles. The summed E-state index contributed by atoms with van der Waals surface area (Å²) in [5.74, 6) is 0.852. The van der Waals surface area contributed by atoms with Crippen LogP contribution in [0.5, 0.6) is 0 Å². The van der Waals surface area contributed by atoms with E-state index in [0.717, 1.165) is 26.1 Å². The van der Waals surface area contributed by atoms with Gasteiger partial charge in [-0.3, -0.25) is 4.79 Å². The Morgan fingerprint density at radius 2 is 2.38 bits per heavy atom. The third-order valence-corrected chi connectivity index (χ3v) is 3.50. The zero-order chi connectivity index (χ0) is 9.68. The van der Waals surface area contributed by atoms with Crippen molar-refractivity contribution in [3.8, 4) is 0 Å². The van der Waals surface area contributed by atoms with Crippen molar-refractivity contribution >= 4 is 17.7 Å². The maximum Gasteiger partial charge on any atom is 0.233 e. The summed E-state index contributed by atoms with van der Waals surface area (Å²) in [5.41, 5.74) is 0. The second-order valence-electron chi connectivity index (χ2n) is 3.40. The summed E-state index contributed by atoms with van der Waals surface area (Å²) in [5, 5.41) is 6.30. The van der Waals surface area contributed by atoms with Crippen LogP contribution in [0.1, 0.15) is 13.3 Å². The standard InChI is InChI=1S/C9H18N2OS/c1-3-8(13-2)9(12)11-6-7-4-10-5-7/h7-8,10H,3-6H2,1-2H3,(H,11,12). The lowest BCUT2D eigenvalue weighted by atomic mass is 10.0. The molecule has 3 nitrogen and oxygen atoms in total. The first kappa shape index (κ1) is 10.9. The highest BCUT2D eigenvalue weighted by Gasteiger charge is 2.19. The Morgan fingerprint density at radius 3 is 2.77 bits per heavy atom. The van der Waals surface area contributed by atoms with Crippen LogP contribution in [0.25, 0.3) is 0 Å². The van der Waals surface area contributed by atoms with Gasteiger partial charge in [0.25, 0.3) is 0 Å². The lowest BCUT2D eigenvalue weighted by Crippen LogP contribution is -2.49. The summed E-state index contributed by atoms with van der Waals surface area (Å²) in [6, 6.07) is 0. The molecule has 1 rings (SSSR count). The monoisotopic (exact) mass is 202 g/mol. The fourth-order valence-electron chi connectivity index (χ4n) is 1.31. The summed E-state index contributed by atoms with van der Waals surface area (Å²) in [6.45, 7) is 4.99. The predicted molar refractivity (Wildman–Crippen MR) is 57.0 cm³/mol. The van der Waals surface area contributed by atoms with Gasteiger partial charge in [0.15, 0.2) is 0 Å². The Kier molecular flexibility index (Phi) is 4.59. The maximum absolute atomic E-state index is 11.5. The molecule has 0 bridgehead atoms. The highest BCUT2D eigenvalue weighted by molar-refractivity contribution is 7.99. The highest BCUT2D eigenvalue weighted by Crippen LogP contribution is 2.10. The highest BCUT2D eigenvalue weighted by atomic mass is 32.2. The van der Waals surface area contributed by atoms with E-state index in [1.165, 1.54) is 0 Å². The molecule has 0 saturated carbocycles. The molecule has 2 N–H and O–H groups in total. The first-order valence-corrected chi connectivity index (χ1v) is 6.08. The van der Waals surface area contributed by atoms with E-state index in [0.29, 0.717) is 5.92 Å². The van der Waals surface area contributed by atoms with Crippen molar-refractivity contribution in [2.75, 3.05) is 25.9 Å². The van der Waals surface area contributed by atoms with Gasteiger partial charge in [0.05, 0.1) is 5.25 Å². The Bertz CT molecular complexity index is 167. The van der Waals surface area contributed by atoms with Gasteiger partial charge >= 0.3 is 0 Å². The van der Waals surface area contributed by atoms with Crippen molar-refractivity contribution in [3.05, 3.63) is 0 Å². The largest absolute Gasteiger partial charge is 0.355 e. The Hall–Kier alpha value is -0.220. The first-order chi connectivity index (χ1) is 6.27. The Balaban J connectivity index is 2.14. The molecule has 1 aliphatic rings. The number of amides is 1. The smallest absolute Gasteiger partial charge is 0.233 e. The van der Waals surface area contributed by atoms with Crippen LogP contribution in [0.2, 0.25) is 0 Å². The van der Waals surface area contributed by atoms with Crippen molar-refractivity contribution in [2.24, 2.45) is 5.92 Å². The van der Waals surface area contributed by atoms with Gasteiger partial charge in [-0.15, -0.1) is 0 Å². The molecular weight excluding hydrogens is 184 g/mol. The molecule has 0 radical (unpaired) electrons. The summed E-state index contributed by atoms with van der Waals surface area (Å²) in [7, 11) is 0. The van der Waals surface area contributed by atoms with E-state index >= 15 is 0 Å². The van der Waals surface area contributed by atoms with Gasteiger partial charge in [-0.2, -0.15) is 11.8 Å². The van der Waals surface area contributed by atoms with Crippen molar-refractivity contribution in [1.82, 2.24) is 10.6 Å². The Labute approximate surface area is 84.0 Å². The van der Waals surface area contributed by atoms with Crippen LogP contribution in [0.15, 0.2) is 0 Å². The normalized spacial score (nSPS) is 19.2. The lowest BCUT2D eigenvalue weighted by molar-refractivity contribution is -0.120. The van der Waals surface area contributed by atoms with E-state index < -0.39 is 0 Å². The minimum Gasteiger partial charge on any atom is -0.355 e. The molecule has 0 spiro atoms. The van der Waals surface area contributed by atoms with E-state index in [9.17, 15) is 4.79 Å². The van der Waals surface area contributed by atoms with Crippen molar-refractivity contribution in [2.45, 2.75) is 18.6 Å². The summed E-state index contributed by atoms with van der Waals surface area (Å²) >= 11 is 1.63. The van der Waals surface area contributed by atoms with Crippen LogP contribution in [0, 0.1) is 5.92 Å². The van der Waals surface area contributed by atoms with Crippen LogP contribution < -0.4 is 10.6 Å². The summed E-state index contributed by atoms with van der Waals surface area (Å²) in [4.78, 5) is 11.5. The number of hydrogen-bond donors (Lipinski definition) is 2. The van der Waals surface area contributed by atoms with E-state index in [1.807, 2.05) is 13.2 Å². The second kappa shape index (κ2) is 5.50. The van der Waals surface area contributed by atoms with Gasteiger partial charge in [-0.1, -0.05) is 6.92 Å². The fraction of sp³-hybridized carbons (Fsp3) is 0.889. The SMILES string of the molecule is CCC(SC)C(=O)NCC1CNC1. The van der Waals surface area contributed by atoms with E-state index in [2.05, 4.69) is 10.6 Å². The number of carbonyl (C=O) groups is 1. The number of carbonyl (C=O) groups excluding carboxylic acids is 1. The van der Waals surface area contributed by atoms with Crippen molar-refractivity contribution in [1.29, 1.82) is 0 Å². The van der Waals surface area contributed by atoms with Gasteiger partial charge in [0.1, 0.15) is 0 Å². The molecule has 1 amide bonds. The quantitative estimate of drug-likeness (QED) is 0.680. The topological polar surface area (TPSA) is 41.1 Å². The van der Waals surface area contributed by atoms with E-state index in [4.69, 9.17) is 0 Å². The number of hydrogen-bond acceptors (Lipinski definition) is 3. The van der Waals surface area contributed by atoms with Gasteiger partial charge in [0.2, 0.25) is 5.91 Å². The molecule has 0 aromatic heterocycles. The van der Waals surface area contributed by atoms with Crippen molar-refractivity contribution in [3.63, 3.8) is 0 Å². The molecule has 4 heteroatoms. The molecule has 0 aromatic carbocycles. The number of nitrogens with one attached hydrogen (secondary N) is 2. The molecule has 0 aromatic rings. The minimum atomic E-state index is 0.132. The third-order valence-electron chi connectivity index (χ3n) is 2.38. The molecule has 1 aliphatic heterocycles. The summed E-state index contributed by atoms with van der Waals surface area (Å²) < 4.78 is 0. The molecule has 1 atom stereocenters. The third kappa shape index (κ3) is 3.19. The van der Waals surface area contributed by atoms with Gasteiger partial charge in [-0.25, -0.2) is 0 Å². The number of rotatable bonds is 5. The average molecular weight is 202 g/mol. The fourth-order valence-corrected chi connectivity index (χ4v) is 1.94. The van der Waals surface area contributed by atoms with E-state index in [-0.39, 0.29) is 11.2 Å². The van der Waals surface area contributed by atoms with Gasteiger partial charge in [-0.05, 0) is 12.7 Å². The first-order valence-electron chi connectivity index (χ1n) is 4.79. The van der Waals surface area contributed by atoms with Crippen LogP contribution >= 0.6 is 11.8 Å². The molecule has 1 heterocycles. The van der Waals surface area contributed by atoms with Crippen molar-refractivity contribution < 1.29 is 4.79 Å². The van der Waals surface area contributed by atoms with Crippen LogP contribution in [0.4, 0.5) is 0 Å². The number of thioether (sulfide) groups is 1. The molecule has 0 aliphatic carbocycles. The predicted octanol–water partition coefficient (Wildman–Crippen LogP) is 0.464. The minimum absolute atomic E-state index is 0.132. The molecular formula is C9H18N2OS. The van der Waals surface area contributed by atoms with E-state index in [1.54, 1.807) is 11.8 Å². The molecule has 13 heavy (non-hydrogen) atoms. The Morgan fingerprint density at radius 1 is 1.69 bits per heavy atom. The second-order valence-corrected chi connectivity index (χ2v) is 4.44. The van der Waals surface area contributed by atoms with Crippen LogP contribution in [-0.2, 0) is 4.79 Å². The van der Waals surface area contributed by atoms with Crippen LogP contribution in [0.3, 0.4) is 0 Å². The maximum atomic E-state index is 11.5. The van der Waals surface area contributed by atoms with Gasteiger partial charge in [0, 0.05) is 25.6 Å². The van der Waals surface area contributed by atoms with Crippen LogP contribution in [-0.4, -0.2) is 37.0 Å². The molecule has 1 unspecified atom stereocenters. The summed E-state index contributed by atoms with van der Waals surface area (Å²) in [6.07, 6.45) is 2.90. The lowest BCUT2D eigenvalue weighted by Gasteiger charge is -2.27. The zero-order valence-electron chi connectivity index (χ0n) is 8.30. The average Bonchev–Trinajstić information content (AvgIpc) is 2.04. The zero-order valence-corrected chi connectivity index (χ0v) is 9.12.